The molecule has 0 amide bonds. The van der Waals surface area contributed by atoms with E-state index < -0.39 is 0 Å². The molecule has 237 valence electrons. The summed E-state index contributed by atoms with van der Waals surface area (Å²) >= 11 is 0. The Morgan fingerprint density at radius 2 is 0.574 bits per heavy atom. The average Bonchev–Trinajstić information content (AvgIpc) is 3.13. The van der Waals surface area contributed by atoms with Gasteiger partial charge in [-0.2, -0.15) is 0 Å². The molecule has 0 saturated carbocycles. The number of hydrogen-bond acceptors (Lipinski definition) is 2. The topological polar surface area (TPSA) is 52.0 Å². The van der Waals surface area contributed by atoms with E-state index >= 15 is 0 Å². The van der Waals surface area contributed by atoms with Crippen molar-refractivity contribution in [3.8, 4) is 0 Å². The number of benzene rings is 6. The van der Waals surface area contributed by atoms with Gasteiger partial charge >= 0.3 is 19.5 Å². The predicted octanol–water partition coefficient (Wildman–Crippen LogP) is 7.65. The maximum absolute atomic E-state index is 6.15. The van der Waals surface area contributed by atoms with Crippen molar-refractivity contribution in [3.05, 3.63) is 193 Å². The van der Waals surface area contributed by atoms with Crippen LogP contribution >= 0.6 is 15.8 Å². The minimum atomic E-state index is -0.309. The van der Waals surface area contributed by atoms with E-state index in [4.69, 9.17) is 11.5 Å². The van der Waals surface area contributed by atoms with E-state index in [0.717, 1.165) is 11.1 Å². The summed E-state index contributed by atoms with van der Waals surface area (Å²) in [5, 5.41) is 5.94. The van der Waals surface area contributed by atoms with Crippen LogP contribution in [-0.2, 0) is 19.5 Å². The summed E-state index contributed by atoms with van der Waals surface area (Å²) in [5.74, 6) is 0. The van der Waals surface area contributed by atoms with Crippen LogP contribution in [0.3, 0.4) is 0 Å². The third-order valence-corrected chi connectivity index (χ3v) is 13.0. The molecule has 2 atom stereocenters. The van der Waals surface area contributed by atoms with Crippen LogP contribution in [0, 0.1) is 0 Å². The van der Waals surface area contributed by atoms with Crippen LogP contribution in [0.1, 0.15) is 29.6 Å². The largest absolute Gasteiger partial charge is 1.00 e. The fourth-order valence-electron chi connectivity index (χ4n) is 5.40. The van der Waals surface area contributed by atoms with E-state index in [1.165, 1.54) is 40.0 Å². The van der Waals surface area contributed by atoms with Gasteiger partial charge in [0.05, 0.1) is 0 Å². The second kappa shape index (κ2) is 20.9. The van der Waals surface area contributed by atoms with Gasteiger partial charge in [-0.05, 0) is 66.9 Å². The van der Waals surface area contributed by atoms with Gasteiger partial charge in [-0.1, -0.05) is 182 Å². The zero-order chi connectivity index (χ0) is 31.1. The van der Waals surface area contributed by atoms with Gasteiger partial charge in [0.1, 0.15) is 0 Å². The van der Waals surface area contributed by atoms with E-state index in [-0.39, 0.29) is 55.8 Å². The molecule has 5 radical (unpaired) electrons. The SMILES string of the molecule is N[C@H](c1ccccc1)[C@H](N)c1ccccc1.[B-].[Ru+].c1ccc(P(CCCP(c2ccccc2)c2ccccc2)c2ccccc2)cc1. The monoisotopic (exact) mass is 737 g/mol. The van der Waals surface area contributed by atoms with Gasteiger partial charge in [-0.15, -0.1) is 0 Å². The van der Waals surface area contributed by atoms with Crippen molar-refractivity contribution in [1.29, 1.82) is 0 Å². The molecule has 47 heavy (non-hydrogen) atoms. The van der Waals surface area contributed by atoms with Gasteiger partial charge < -0.3 is 19.9 Å². The van der Waals surface area contributed by atoms with E-state index in [1.807, 2.05) is 60.7 Å². The molecule has 0 fully saturated rings. The molecule has 2 nitrogen and oxygen atoms in total. The van der Waals surface area contributed by atoms with Crippen LogP contribution in [0.4, 0.5) is 0 Å². The van der Waals surface area contributed by atoms with Gasteiger partial charge in [-0.25, -0.2) is 0 Å². The average molecular weight is 737 g/mol. The van der Waals surface area contributed by atoms with Crippen molar-refractivity contribution in [3.63, 3.8) is 0 Å². The Morgan fingerprint density at radius 3 is 0.809 bits per heavy atom. The molecule has 0 aromatic heterocycles. The van der Waals surface area contributed by atoms with Crippen molar-refractivity contribution in [2.45, 2.75) is 18.5 Å². The van der Waals surface area contributed by atoms with Crippen molar-refractivity contribution < 1.29 is 19.5 Å². The number of hydrogen-bond donors (Lipinski definition) is 2. The molecule has 0 heterocycles. The molecule has 6 rings (SSSR count). The Labute approximate surface area is 298 Å². The van der Waals surface area contributed by atoms with Gasteiger partial charge in [0, 0.05) is 12.1 Å². The smallest absolute Gasteiger partial charge is 1.00 e. The normalized spacial score (nSPS) is 11.7. The fraction of sp³-hybridized carbons (Fsp3) is 0.122. The van der Waals surface area contributed by atoms with Crippen LogP contribution in [-0.4, -0.2) is 20.7 Å². The van der Waals surface area contributed by atoms with Crippen LogP contribution in [0.25, 0.3) is 0 Å². The van der Waals surface area contributed by atoms with Crippen LogP contribution in [0.2, 0.25) is 0 Å². The quantitative estimate of drug-likeness (QED) is 0.106. The van der Waals surface area contributed by atoms with Gasteiger partial charge in [-0.3, -0.25) is 0 Å². The van der Waals surface area contributed by atoms with E-state index in [1.54, 1.807) is 0 Å². The van der Waals surface area contributed by atoms with Crippen molar-refractivity contribution in [2.24, 2.45) is 11.5 Å². The van der Waals surface area contributed by atoms with E-state index in [2.05, 4.69) is 121 Å². The van der Waals surface area contributed by atoms with Gasteiger partial charge in [0.2, 0.25) is 0 Å². The second-order valence-electron chi connectivity index (χ2n) is 10.9. The molecule has 0 aliphatic heterocycles. The summed E-state index contributed by atoms with van der Waals surface area (Å²) in [5.41, 5.74) is 14.4. The third kappa shape index (κ3) is 11.5. The van der Waals surface area contributed by atoms with Crippen molar-refractivity contribution in [1.82, 2.24) is 0 Å². The predicted molar refractivity (Wildman–Crippen MR) is 205 cm³/mol. The second-order valence-corrected chi connectivity index (χ2v) is 15.5. The number of rotatable bonds is 11. The minimum absolute atomic E-state index is 0. The van der Waals surface area contributed by atoms with Gasteiger partial charge in [0.15, 0.2) is 0 Å². The number of nitrogens with two attached hydrogens (primary N) is 2. The first-order chi connectivity index (χ1) is 22.2. The molecule has 0 unspecified atom stereocenters. The summed E-state index contributed by atoms with van der Waals surface area (Å²) in [7, 11) is -0.618. The van der Waals surface area contributed by atoms with E-state index in [0.29, 0.717) is 0 Å². The Hall–Kier alpha value is -3.21. The molecule has 6 aromatic carbocycles. The molecule has 0 saturated heterocycles. The molecular weight excluding hydrogens is 694 g/mol. The summed E-state index contributed by atoms with van der Waals surface area (Å²) in [4.78, 5) is 0. The first kappa shape index (κ1) is 38.2. The minimum Gasteiger partial charge on any atom is -1.00 e. The maximum atomic E-state index is 6.15. The van der Waals surface area contributed by atoms with Crippen LogP contribution in [0.15, 0.2) is 182 Å². The molecule has 6 aromatic rings. The van der Waals surface area contributed by atoms with Gasteiger partial charge in [0.25, 0.3) is 0 Å². The maximum Gasteiger partial charge on any atom is 1.00 e. The van der Waals surface area contributed by atoms with E-state index in [9.17, 15) is 0 Å². The summed E-state index contributed by atoms with van der Waals surface area (Å²) in [6.45, 7) is 0. The van der Waals surface area contributed by atoms with Crippen LogP contribution in [0.5, 0.6) is 0 Å². The Balaban J connectivity index is 0.000000285. The summed E-state index contributed by atoms with van der Waals surface area (Å²) < 4.78 is 0. The Bertz CT molecular complexity index is 1440. The Kier molecular flexibility index (Phi) is 17.0. The van der Waals surface area contributed by atoms with Crippen molar-refractivity contribution >= 4 is 45.5 Å². The molecule has 4 N–H and O–H groups in total. The standard InChI is InChI=1S/C27H26P2.C14H16N2.B.Ru/c1-5-14-24(15-6-1)28(25-16-7-2-8-17-25)22-13-23-29(26-18-9-3-10-19-26)27-20-11-4-12-21-27;15-13(11-7-3-1-4-8-11)14(16)12-9-5-2-6-10-12;;/h1-12,14-21H,13,22-23H2;1-10,13-14H,15-16H2;;/q;;-1;+1/t;13-,14-;;/m.1../s1. The molecule has 6 heteroatoms. The molecule has 0 aliphatic rings. The van der Waals surface area contributed by atoms with Crippen molar-refractivity contribution in [2.75, 3.05) is 12.3 Å². The Morgan fingerprint density at radius 1 is 0.362 bits per heavy atom. The van der Waals surface area contributed by atoms with Crippen LogP contribution < -0.4 is 32.7 Å². The molecule has 0 bridgehead atoms. The third-order valence-electron chi connectivity index (χ3n) is 7.79. The summed E-state index contributed by atoms with van der Waals surface area (Å²) in [6.07, 6.45) is 3.72. The fourth-order valence-corrected chi connectivity index (χ4v) is 10.4. The first-order valence-corrected chi connectivity index (χ1v) is 18.6. The first-order valence-electron chi connectivity index (χ1n) is 15.6. The summed E-state index contributed by atoms with van der Waals surface area (Å²) in [6, 6.07) is 63.9. The zero-order valence-corrected chi connectivity index (χ0v) is 30.1. The molecular formula is C41H42BN2P2Ru. The molecule has 0 spiro atoms. The molecule has 0 aliphatic carbocycles. The zero-order valence-electron chi connectivity index (χ0n) is 26.6.